The number of carbonyl (C=O) groups excluding carboxylic acids is 4. The summed E-state index contributed by atoms with van der Waals surface area (Å²) >= 11 is 0. The van der Waals surface area contributed by atoms with Crippen LogP contribution in [0.3, 0.4) is 0 Å². The summed E-state index contributed by atoms with van der Waals surface area (Å²) < 4.78 is 0. The van der Waals surface area contributed by atoms with Crippen LogP contribution in [0.1, 0.15) is 58.2 Å². The van der Waals surface area contributed by atoms with Gasteiger partial charge in [-0.05, 0) is 48.2 Å². The van der Waals surface area contributed by atoms with Gasteiger partial charge in [0.1, 0.15) is 11.7 Å². The number of para-hydroxylation sites is 1. The molecule has 5 rings (SSSR count). The molecule has 2 aliphatic heterocycles. The standard InChI is InChI=1S/C25H24N4O4/c1-2-5-18-17-6-3-4-7-19(17)27-22(18)24(32)26-15-8-9-16-14(12-15)13-29(25(16)33)20-10-11-21(30)28-23(20)31/h3-4,6-9,12,20,27H,2,5,10-11,13H2,1H3,(H,26,32)(H,28,30,31). The van der Waals surface area contributed by atoms with Gasteiger partial charge in [0.2, 0.25) is 11.8 Å². The molecule has 2 aliphatic rings. The molecule has 1 unspecified atom stereocenters. The topological polar surface area (TPSA) is 111 Å². The predicted octanol–water partition coefficient (Wildman–Crippen LogP) is 3.13. The highest BCUT2D eigenvalue weighted by Crippen LogP contribution is 2.30. The molecule has 0 bridgehead atoms. The van der Waals surface area contributed by atoms with Gasteiger partial charge in [-0.25, -0.2) is 0 Å². The number of fused-ring (bicyclic) bond motifs is 2. The summed E-state index contributed by atoms with van der Waals surface area (Å²) in [4.78, 5) is 54.4. The Morgan fingerprint density at radius 3 is 2.76 bits per heavy atom. The first-order chi connectivity index (χ1) is 16.0. The molecule has 33 heavy (non-hydrogen) atoms. The van der Waals surface area contributed by atoms with E-state index >= 15 is 0 Å². The number of benzene rings is 2. The molecular formula is C25H24N4O4. The molecule has 4 amide bonds. The van der Waals surface area contributed by atoms with Crippen molar-refractivity contribution in [2.75, 3.05) is 5.32 Å². The van der Waals surface area contributed by atoms with Gasteiger partial charge in [0.15, 0.2) is 0 Å². The van der Waals surface area contributed by atoms with Gasteiger partial charge in [0.25, 0.3) is 11.8 Å². The molecule has 0 spiro atoms. The summed E-state index contributed by atoms with van der Waals surface area (Å²) in [6.45, 7) is 2.34. The first-order valence-corrected chi connectivity index (χ1v) is 11.1. The number of aromatic amines is 1. The SMILES string of the molecule is CCCc1c(C(=O)Nc2ccc3c(c2)CN(C2CCC(=O)NC2=O)C3=O)[nH]c2ccccc12. The van der Waals surface area contributed by atoms with Crippen LogP contribution in [0.2, 0.25) is 0 Å². The van der Waals surface area contributed by atoms with E-state index in [2.05, 4.69) is 22.5 Å². The maximum Gasteiger partial charge on any atom is 0.272 e. The van der Waals surface area contributed by atoms with Crippen LogP contribution >= 0.6 is 0 Å². The van der Waals surface area contributed by atoms with Crippen molar-refractivity contribution in [1.82, 2.24) is 15.2 Å². The number of nitrogens with zero attached hydrogens (tertiary/aromatic N) is 1. The van der Waals surface area contributed by atoms with Crippen LogP contribution in [0, 0.1) is 0 Å². The van der Waals surface area contributed by atoms with E-state index in [4.69, 9.17) is 0 Å². The Bertz CT molecular complexity index is 1310. The van der Waals surface area contributed by atoms with Crippen LogP contribution in [-0.4, -0.2) is 39.6 Å². The molecule has 8 heteroatoms. The van der Waals surface area contributed by atoms with Crippen LogP contribution in [0.4, 0.5) is 5.69 Å². The van der Waals surface area contributed by atoms with Gasteiger partial charge in [0.05, 0.1) is 0 Å². The Morgan fingerprint density at radius 2 is 1.97 bits per heavy atom. The van der Waals surface area contributed by atoms with Crippen molar-refractivity contribution in [3.05, 3.63) is 64.8 Å². The lowest BCUT2D eigenvalue weighted by atomic mass is 10.0. The van der Waals surface area contributed by atoms with Gasteiger partial charge in [-0.2, -0.15) is 0 Å². The fraction of sp³-hybridized carbons (Fsp3) is 0.280. The third kappa shape index (κ3) is 3.67. The summed E-state index contributed by atoms with van der Waals surface area (Å²) in [5.74, 6) is -1.23. The zero-order valence-electron chi connectivity index (χ0n) is 18.2. The largest absolute Gasteiger partial charge is 0.350 e. The fourth-order valence-electron chi connectivity index (χ4n) is 4.75. The average Bonchev–Trinajstić information content (AvgIpc) is 3.32. The van der Waals surface area contributed by atoms with E-state index in [9.17, 15) is 19.2 Å². The van der Waals surface area contributed by atoms with Gasteiger partial charge in [0, 0.05) is 35.1 Å². The molecule has 3 N–H and O–H groups in total. The Labute approximate surface area is 190 Å². The Balaban J connectivity index is 1.37. The number of amides is 4. The van der Waals surface area contributed by atoms with Crippen LogP contribution in [0.5, 0.6) is 0 Å². The first-order valence-electron chi connectivity index (χ1n) is 11.1. The van der Waals surface area contributed by atoms with Gasteiger partial charge in [-0.1, -0.05) is 31.5 Å². The van der Waals surface area contributed by atoms with E-state index in [1.807, 2.05) is 24.3 Å². The summed E-state index contributed by atoms with van der Waals surface area (Å²) in [5.41, 5.74) is 4.29. The number of imide groups is 1. The second-order valence-electron chi connectivity index (χ2n) is 8.50. The van der Waals surface area contributed by atoms with Crippen molar-refractivity contribution < 1.29 is 19.2 Å². The van der Waals surface area contributed by atoms with E-state index in [0.717, 1.165) is 34.9 Å². The van der Waals surface area contributed by atoms with Gasteiger partial charge in [-0.15, -0.1) is 0 Å². The monoisotopic (exact) mass is 444 g/mol. The van der Waals surface area contributed by atoms with Crippen LogP contribution in [-0.2, 0) is 22.6 Å². The molecule has 1 fully saturated rings. The first kappa shape index (κ1) is 20.9. The van der Waals surface area contributed by atoms with E-state index in [0.29, 0.717) is 23.4 Å². The number of rotatable bonds is 5. The maximum absolute atomic E-state index is 13.1. The minimum atomic E-state index is -0.663. The number of piperidine rings is 1. The quantitative estimate of drug-likeness (QED) is 0.525. The Hall–Kier alpha value is -3.94. The van der Waals surface area contributed by atoms with Gasteiger partial charge < -0.3 is 15.2 Å². The Morgan fingerprint density at radius 1 is 1.15 bits per heavy atom. The van der Waals surface area contributed by atoms with E-state index < -0.39 is 11.9 Å². The molecule has 1 aromatic heterocycles. The molecule has 0 aliphatic carbocycles. The summed E-state index contributed by atoms with van der Waals surface area (Å²) in [5, 5.41) is 6.30. The molecule has 168 valence electrons. The van der Waals surface area contributed by atoms with E-state index in [-0.39, 0.29) is 30.7 Å². The van der Waals surface area contributed by atoms with Crippen molar-refractivity contribution >= 4 is 40.2 Å². The number of anilines is 1. The lowest BCUT2D eigenvalue weighted by molar-refractivity contribution is -0.136. The van der Waals surface area contributed by atoms with Crippen molar-refractivity contribution in [2.24, 2.45) is 0 Å². The Kier molecular flexibility index (Phi) is 5.20. The molecule has 1 saturated heterocycles. The molecule has 8 nitrogen and oxygen atoms in total. The number of hydrogen-bond acceptors (Lipinski definition) is 4. The minimum absolute atomic E-state index is 0.211. The van der Waals surface area contributed by atoms with E-state index in [1.165, 1.54) is 4.90 Å². The van der Waals surface area contributed by atoms with Crippen molar-refractivity contribution in [2.45, 2.75) is 45.2 Å². The lowest BCUT2D eigenvalue weighted by Gasteiger charge is -2.29. The smallest absolute Gasteiger partial charge is 0.272 e. The van der Waals surface area contributed by atoms with E-state index in [1.54, 1.807) is 18.2 Å². The number of aromatic nitrogens is 1. The zero-order chi connectivity index (χ0) is 23.1. The maximum atomic E-state index is 13.1. The molecular weight excluding hydrogens is 420 g/mol. The predicted molar refractivity (Wildman–Crippen MR) is 123 cm³/mol. The summed E-state index contributed by atoms with van der Waals surface area (Å²) in [6.07, 6.45) is 2.22. The third-order valence-electron chi connectivity index (χ3n) is 6.32. The van der Waals surface area contributed by atoms with Crippen LogP contribution in [0.15, 0.2) is 42.5 Å². The number of H-pyrrole nitrogens is 1. The fourth-order valence-corrected chi connectivity index (χ4v) is 4.75. The second kappa shape index (κ2) is 8.20. The zero-order valence-corrected chi connectivity index (χ0v) is 18.2. The number of nitrogens with one attached hydrogen (secondary N) is 3. The summed E-state index contributed by atoms with van der Waals surface area (Å²) in [6, 6.07) is 12.4. The minimum Gasteiger partial charge on any atom is -0.350 e. The summed E-state index contributed by atoms with van der Waals surface area (Å²) in [7, 11) is 0. The molecule has 3 heterocycles. The molecule has 2 aromatic carbocycles. The van der Waals surface area contributed by atoms with Crippen molar-refractivity contribution in [3.8, 4) is 0 Å². The number of carbonyl (C=O) groups is 4. The highest BCUT2D eigenvalue weighted by molar-refractivity contribution is 6.09. The number of aryl methyl sites for hydroxylation is 1. The van der Waals surface area contributed by atoms with Crippen LogP contribution < -0.4 is 10.6 Å². The van der Waals surface area contributed by atoms with Crippen LogP contribution in [0.25, 0.3) is 10.9 Å². The highest BCUT2D eigenvalue weighted by atomic mass is 16.2. The van der Waals surface area contributed by atoms with Crippen molar-refractivity contribution in [3.63, 3.8) is 0 Å². The van der Waals surface area contributed by atoms with Gasteiger partial charge in [-0.3, -0.25) is 24.5 Å². The molecule has 3 aromatic rings. The highest BCUT2D eigenvalue weighted by Gasteiger charge is 2.39. The lowest BCUT2D eigenvalue weighted by Crippen LogP contribution is -2.52. The van der Waals surface area contributed by atoms with Gasteiger partial charge >= 0.3 is 0 Å². The normalized spacial score (nSPS) is 17.9. The molecule has 0 radical (unpaired) electrons. The average molecular weight is 444 g/mol. The molecule has 1 atom stereocenters. The second-order valence-corrected chi connectivity index (χ2v) is 8.50. The number of hydrogen-bond donors (Lipinski definition) is 3. The van der Waals surface area contributed by atoms with Crippen molar-refractivity contribution in [1.29, 1.82) is 0 Å². The molecule has 0 saturated carbocycles. The third-order valence-corrected chi connectivity index (χ3v) is 6.32.